The monoisotopic (exact) mass is 425 g/mol. The summed E-state index contributed by atoms with van der Waals surface area (Å²) in [4.78, 5) is 2.15. The molecule has 0 saturated heterocycles. The van der Waals surface area contributed by atoms with Gasteiger partial charge in [0.25, 0.3) is 0 Å². The highest BCUT2D eigenvalue weighted by atomic mass is 16.5. The quantitative estimate of drug-likeness (QED) is 0.505. The predicted molar refractivity (Wildman–Crippen MR) is 121 cm³/mol. The Hall–Kier alpha value is -2.87. The third-order valence-corrected chi connectivity index (χ3v) is 4.92. The number of hydrogen-bond acceptors (Lipinski definition) is 6. The SMILES string of the molecule is COCCN(Cc1c(-c2ccccc2)nn(C)c1Oc1ccc(OC)cc1)C[C@@H](C)O. The van der Waals surface area contributed by atoms with Crippen LogP contribution >= 0.6 is 0 Å². The highest BCUT2D eigenvalue weighted by Crippen LogP contribution is 2.34. The van der Waals surface area contributed by atoms with Gasteiger partial charge in [-0.2, -0.15) is 5.10 Å². The molecule has 1 aromatic heterocycles. The second-order valence-electron chi connectivity index (χ2n) is 7.48. The smallest absolute Gasteiger partial charge is 0.222 e. The fraction of sp³-hybridized carbons (Fsp3) is 0.375. The standard InChI is InChI=1S/C24H31N3O4/c1-18(28)16-27(14-15-29-3)17-22-23(19-8-6-5-7-9-19)25-26(2)24(22)31-21-12-10-20(30-4)11-13-21/h5-13,18,28H,14-17H2,1-4H3/t18-/m1/s1. The van der Waals surface area contributed by atoms with Crippen LogP contribution in [0.4, 0.5) is 0 Å². The van der Waals surface area contributed by atoms with E-state index in [-0.39, 0.29) is 0 Å². The summed E-state index contributed by atoms with van der Waals surface area (Å²) in [6.45, 7) is 4.14. The molecule has 7 nitrogen and oxygen atoms in total. The van der Waals surface area contributed by atoms with E-state index in [9.17, 15) is 5.11 Å². The Labute approximate surface area is 183 Å². The topological polar surface area (TPSA) is 69.0 Å². The van der Waals surface area contributed by atoms with E-state index in [2.05, 4.69) is 4.90 Å². The van der Waals surface area contributed by atoms with Crippen LogP contribution in [0.15, 0.2) is 54.6 Å². The van der Waals surface area contributed by atoms with Crippen molar-refractivity contribution in [1.29, 1.82) is 0 Å². The van der Waals surface area contributed by atoms with Crippen molar-refractivity contribution >= 4 is 0 Å². The van der Waals surface area contributed by atoms with Gasteiger partial charge in [-0.15, -0.1) is 0 Å². The lowest BCUT2D eigenvalue weighted by Crippen LogP contribution is -2.33. The molecule has 1 N–H and O–H groups in total. The van der Waals surface area contributed by atoms with Crippen molar-refractivity contribution in [1.82, 2.24) is 14.7 Å². The molecule has 0 fully saturated rings. The van der Waals surface area contributed by atoms with E-state index in [4.69, 9.17) is 19.3 Å². The molecule has 0 radical (unpaired) electrons. The first-order valence-electron chi connectivity index (χ1n) is 10.3. The van der Waals surface area contributed by atoms with Gasteiger partial charge in [0, 0.05) is 39.4 Å². The summed E-state index contributed by atoms with van der Waals surface area (Å²) in [6.07, 6.45) is -0.459. The molecular formula is C24H31N3O4. The maximum atomic E-state index is 10.00. The van der Waals surface area contributed by atoms with Crippen molar-refractivity contribution in [2.75, 3.05) is 33.9 Å². The molecule has 0 aliphatic heterocycles. The number of methoxy groups -OCH3 is 2. The van der Waals surface area contributed by atoms with Gasteiger partial charge < -0.3 is 19.3 Å². The number of aliphatic hydroxyl groups is 1. The Kier molecular flexibility index (Phi) is 8.06. The van der Waals surface area contributed by atoms with Crippen molar-refractivity contribution in [3.63, 3.8) is 0 Å². The second-order valence-corrected chi connectivity index (χ2v) is 7.48. The van der Waals surface area contributed by atoms with Gasteiger partial charge in [0.2, 0.25) is 5.88 Å². The summed E-state index contributed by atoms with van der Waals surface area (Å²) in [5.74, 6) is 2.13. The number of hydrogen-bond donors (Lipinski definition) is 1. The van der Waals surface area contributed by atoms with E-state index in [0.717, 1.165) is 22.6 Å². The van der Waals surface area contributed by atoms with Crippen molar-refractivity contribution in [3.8, 4) is 28.6 Å². The number of nitrogens with zero attached hydrogens (tertiary/aromatic N) is 3. The lowest BCUT2D eigenvalue weighted by molar-refractivity contribution is 0.0936. The summed E-state index contributed by atoms with van der Waals surface area (Å²) in [5.41, 5.74) is 2.84. The van der Waals surface area contributed by atoms with Gasteiger partial charge in [-0.05, 0) is 31.2 Å². The molecule has 0 saturated carbocycles. The Bertz CT molecular complexity index is 939. The van der Waals surface area contributed by atoms with Crippen LogP contribution in [0.1, 0.15) is 12.5 Å². The Balaban J connectivity index is 1.99. The lowest BCUT2D eigenvalue weighted by Gasteiger charge is -2.24. The van der Waals surface area contributed by atoms with Crippen LogP contribution in [0.3, 0.4) is 0 Å². The fourth-order valence-corrected chi connectivity index (χ4v) is 3.46. The van der Waals surface area contributed by atoms with Crippen LogP contribution < -0.4 is 9.47 Å². The zero-order valence-electron chi connectivity index (χ0n) is 18.6. The first kappa shape index (κ1) is 22.8. The first-order chi connectivity index (χ1) is 15.0. The minimum atomic E-state index is -0.459. The van der Waals surface area contributed by atoms with E-state index in [0.29, 0.717) is 37.9 Å². The summed E-state index contributed by atoms with van der Waals surface area (Å²) >= 11 is 0. The molecule has 3 rings (SSSR count). The molecule has 166 valence electrons. The van der Waals surface area contributed by atoms with Gasteiger partial charge in [-0.3, -0.25) is 4.90 Å². The minimum absolute atomic E-state index is 0.459. The van der Waals surface area contributed by atoms with Gasteiger partial charge in [0.15, 0.2) is 0 Å². The number of aliphatic hydroxyl groups excluding tert-OH is 1. The molecule has 0 spiro atoms. The van der Waals surface area contributed by atoms with Gasteiger partial charge in [0.1, 0.15) is 17.2 Å². The molecule has 2 aromatic carbocycles. The summed E-state index contributed by atoms with van der Waals surface area (Å²) in [5, 5.41) is 14.8. The van der Waals surface area contributed by atoms with Crippen molar-refractivity contribution in [3.05, 3.63) is 60.2 Å². The van der Waals surface area contributed by atoms with E-state index in [1.165, 1.54) is 0 Å². The van der Waals surface area contributed by atoms with Gasteiger partial charge in [-0.25, -0.2) is 4.68 Å². The summed E-state index contributed by atoms with van der Waals surface area (Å²) in [7, 11) is 5.19. The van der Waals surface area contributed by atoms with Crippen molar-refractivity contribution in [2.45, 2.75) is 19.6 Å². The van der Waals surface area contributed by atoms with Crippen LogP contribution in [0, 0.1) is 0 Å². The zero-order chi connectivity index (χ0) is 22.2. The van der Waals surface area contributed by atoms with Crippen molar-refractivity contribution < 1.29 is 19.3 Å². The Morgan fingerprint density at radius 3 is 2.32 bits per heavy atom. The fourth-order valence-electron chi connectivity index (χ4n) is 3.46. The Morgan fingerprint density at radius 2 is 1.71 bits per heavy atom. The number of aryl methyl sites for hydroxylation is 1. The molecule has 3 aromatic rings. The molecule has 0 bridgehead atoms. The first-order valence-corrected chi connectivity index (χ1v) is 10.3. The maximum Gasteiger partial charge on any atom is 0.222 e. The number of aromatic nitrogens is 2. The highest BCUT2D eigenvalue weighted by molar-refractivity contribution is 5.65. The number of benzene rings is 2. The minimum Gasteiger partial charge on any atom is -0.497 e. The van der Waals surface area contributed by atoms with E-state index in [1.54, 1.807) is 25.8 Å². The summed E-state index contributed by atoms with van der Waals surface area (Å²) < 4.78 is 18.6. The van der Waals surface area contributed by atoms with Crippen LogP contribution in [0.2, 0.25) is 0 Å². The third kappa shape index (κ3) is 6.07. The average Bonchev–Trinajstić information content (AvgIpc) is 3.08. The predicted octanol–water partition coefficient (Wildman–Crippen LogP) is 3.72. The largest absolute Gasteiger partial charge is 0.497 e. The lowest BCUT2D eigenvalue weighted by atomic mass is 10.1. The second kappa shape index (κ2) is 10.9. The number of rotatable bonds is 11. The van der Waals surface area contributed by atoms with Gasteiger partial charge >= 0.3 is 0 Å². The van der Waals surface area contributed by atoms with E-state index < -0.39 is 6.10 Å². The normalized spacial score (nSPS) is 12.2. The molecule has 0 aliphatic carbocycles. The maximum absolute atomic E-state index is 10.00. The molecule has 0 unspecified atom stereocenters. The van der Waals surface area contributed by atoms with E-state index in [1.807, 2.05) is 61.6 Å². The summed E-state index contributed by atoms with van der Waals surface area (Å²) in [6, 6.07) is 17.5. The molecule has 0 aliphatic rings. The molecule has 0 amide bonds. The van der Waals surface area contributed by atoms with Gasteiger partial charge in [-0.1, -0.05) is 30.3 Å². The van der Waals surface area contributed by atoms with Crippen LogP contribution in [-0.4, -0.2) is 59.8 Å². The zero-order valence-corrected chi connectivity index (χ0v) is 18.6. The van der Waals surface area contributed by atoms with Crippen LogP contribution in [-0.2, 0) is 18.3 Å². The molecular weight excluding hydrogens is 394 g/mol. The van der Waals surface area contributed by atoms with Crippen LogP contribution in [0.5, 0.6) is 17.4 Å². The molecule has 1 atom stereocenters. The Morgan fingerprint density at radius 1 is 1.03 bits per heavy atom. The van der Waals surface area contributed by atoms with Crippen molar-refractivity contribution in [2.24, 2.45) is 7.05 Å². The third-order valence-electron chi connectivity index (χ3n) is 4.92. The molecule has 1 heterocycles. The molecule has 7 heteroatoms. The average molecular weight is 426 g/mol. The van der Waals surface area contributed by atoms with Gasteiger partial charge in [0.05, 0.1) is 25.4 Å². The number of ether oxygens (including phenoxy) is 3. The highest BCUT2D eigenvalue weighted by Gasteiger charge is 2.22. The van der Waals surface area contributed by atoms with E-state index >= 15 is 0 Å². The molecule has 31 heavy (non-hydrogen) atoms. The van der Waals surface area contributed by atoms with Crippen LogP contribution in [0.25, 0.3) is 11.3 Å².